The lowest BCUT2D eigenvalue weighted by Crippen LogP contribution is -2.02. The van der Waals surface area contributed by atoms with Gasteiger partial charge in [0.2, 0.25) is 5.91 Å². The summed E-state index contributed by atoms with van der Waals surface area (Å²) < 4.78 is 48.6. The molecule has 0 spiro atoms. The van der Waals surface area contributed by atoms with Crippen LogP contribution in [0.5, 0.6) is 0 Å². The van der Waals surface area contributed by atoms with E-state index in [9.17, 15) is 13.3 Å². The molecule has 0 fully saturated rings. The highest BCUT2D eigenvalue weighted by Crippen LogP contribution is 2.61. The van der Waals surface area contributed by atoms with Crippen LogP contribution < -0.4 is 0 Å². The molecule has 0 aliphatic carbocycles. The Balaban J connectivity index is 2.95. The predicted octanol–water partition coefficient (Wildman–Crippen LogP) is 4.06. The fraction of sp³-hybridized carbons (Fsp3) is 0.455. The third kappa shape index (κ3) is 3.60. The van der Waals surface area contributed by atoms with E-state index >= 15 is 0 Å². The number of alkyl halides is 1. The van der Waals surface area contributed by atoms with Crippen molar-refractivity contribution in [3.63, 3.8) is 0 Å². The zero-order valence-electron chi connectivity index (χ0n) is 9.73. The molecule has 1 aromatic carbocycles. The van der Waals surface area contributed by atoms with E-state index in [0.717, 1.165) is 12.1 Å². The van der Waals surface area contributed by atoms with Gasteiger partial charge in [-0.25, -0.2) is 8.78 Å². The van der Waals surface area contributed by atoms with Gasteiger partial charge in [0.05, 0.1) is 13.2 Å². The van der Waals surface area contributed by atoms with Crippen LogP contribution in [-0.2, 0) is 13.6 Å². The maximum atomic E-state index is 14.1. The lowest BCUT2D eigenvalue weighted by Gasteiger charge is -2.20. The van der Waals surface area contributed by atoms with Crippen LogP contribution in [0.15, 0.2) is 24.3 Å². The van der Waals surface area contributed by atoms with E-state index in [-0.39, 0.29) is 18.8 Å². The molecule has 17 heavy (non-hydrogen) atoms. The Hall–Kier alpha value is -0.770. The third-order valence-corrected chi connectivity index (χ3v) is 4.13. The van der Waals surface area contributed by atoms with Gasteiger partial charge in [-0.3, -0.25) is 4.57 Å². The minimum atomic E-state index is -3.84. The van der Waals surface area contributed by atoms with Gasteiger partial charge in [0.15, 0.2) is 0 Å². The average Bonchev–Trinajstić information content (AvgIpc) is 2.30. The highest BCUT2D eigenvalue weighted by molar-refractivity contribution is 7.54. The second-order valence-electron chi connectivity index (χ2n) is 3.26. The van der Waals surface area contributed by atoms with Crippen molar-refractivity contribution in [1.82, 2.24) is 0 Å². The van der Waals surface area contributed by atoms with Gasteiger partial charge in [0, 0.05) is 0 Å². The average molecular weight is 264 g/mol. The summed E-state index contributed by atoms with van der Waals surface area (Å²) >= 11 is 0. The molecule has 0 bridgehead atoms. The van der Waals surface area contributed by atoms with Crippen molar-refractivity contribution in [2.75, 3.05) is 13.2 Å². The van der Waals surface area contributed by atoms with Gasteiger partial charge in [0.25, 0.3) is 0 Å². The van der Waals surface area contributed by atoms with Gasteiger partial charge < -0.3 is 9.05 Å². The van der Waals surface area contributed by atoms with E-state index in [4.69, 9.17) is 9.05 Å². The lowest BCUT2D eigenvalue weighted by atomic mass is 10.2. The molecule has 0 radical (unpaired) electrons. The van der Waals surface area contributed by atoms with E-state index in [2.05, 4.69) is 0 Å². The van der Waals surface area contributed by atoms with Gasteiger partial charge >= 0.3 is 7.60 Å². The van der Waals surface area contributed by atoms with Gasteiger partial charge in [0.1, 0.15) is 5.82 Å². The third-order valence-electron chi connectivity index (χ3n) is 2.04. The van der Waals surface area contributed by atoms with Crippen molar-refractivity contribution in [3.8, 4) is 0 Å². The zero-order valence-corrected chi connectivity index (χ0v) is 10.6. The first kappa shape index (κ1) is 14.3. The smallest absolute Gasteiger partial charge is 0.307 e. The minimum Gasteiger partial charge on any atom is -0.307 e. The topological polar surface area (TPSA) is 35.5 Å². The maximum Gasteiger partial charge on any atom is 0.369 e. The van der Waals surface area contributed by atoms with Gasteiger partial charge in [-0.1, -0.05) is 12.1 Å². The summed E-state index contributed by atoms with van der Waals surface area (Å²) in [5.74, 6) is -2.38. The molecule has 0 aliphatic rings. The van der Waals surface area contributed by atoms with Crippen LogP contribution in [-0.4, -0.2) is 13.2 Å². The number of benzene rings is 1. The van der Waals surface area contributed by atoms with Crippen LogP contribution >= 0.6 is 7.60 Å². The molecule has 0 aromatic heterocycles. The van der Waals surface area contributed by atoms with E-state index in [1.54, 1.807) is 13.8 Å². The van der Waals surface area contributed by atoms with E-state index < -0.39 is 19.3 Å². The molecular weight excluding hydrogens is 249 g/mol. The summed E-state index contributed by atoms with van der Waals surface area (Å²) in [7, 11) is -3.84. The Kier molecular flexibility index (Phi) is 5.25. The Morgan fingerprint density at radius 2 is 1.65 bits per heavy atom. The second-order valence-corrected chi connectivity index (χ2v) is 5.31. The predicted molar refractivity (Wildman–Crippen MR) is 61.1 cm³/mol. The quantitative estimate of drug-likeness (QED) is 0.727. The highest BCUT2D eigenvalue weighted by atomic mass is 31.2. The summed E-state index contributed by atoms with van der Waals surface area (Å²) in [6.07, 6.45) is 0. The normalized spacial score (nSPS) is 13.6. The molecule has 3 nitrogen and oxygen atoms in total. The largest absolute Gasteiger partial charge is 0.369 e. The fourth-order valence-corrected chi connectivity index (χ4v) is 2.93. The molecule has 0 saturated heterocycles. The standard InChI is InChI=1S/C11H15F2O3P/c1-3-15-17(14,16-4-2)11(13)9-5-7-10(12)8-6-9/h5-8,11H,3-4H2,1-2H3. The second kappa shape index (κ2) is 6.24. The molecule has 0 amide bonds. The molecule has 1 aromatic rings. The SMILES string of the molecule is CCOP(=O)(OCC)C(F)c1ccc(F)cc1. The summed E-state index contributed by atoms with van der Waals surface area (Å²) in [4.78, 5) is 0. The fourth-order valence-electron chi connectivity index (χ4n) is 1.33. The lowest BCUT2D eigenvalue weighted by molar-refractivity contribution is 0.190. The van der Waals surface area contributed by atoms with E-state index in [1.165, 1.54) is 12.1 Å². The molecule has 1 atom stereocenters. The van der Waals surface area contributed by atoms with Gasteiger partial charge in [-0.15, -0.1) is 0 Å². The first-order chi connectivity index (χ1) is 8.03. The van der Waals surface area contributed by atoms with Crippen LogP contribution in [0.2, 0.25) is 0 Å². The molecule has 96 valence electrons. The molecule has 0 aliphatic heterocycles. The maximum absolute atomic E-state index is 14.1. The zero-order chi connectivity index (χ0) is 12.9. The van der Waals surface area contributed by atoms with Crippen LogP contribution in [0.25, 0.3) is 0 Å². The first-order valence-electron chi connectivity index (χ1n) is 5.31. The highest BCUT2D eigenvalue weighted by Gasteiger charge is 2.37. The van der Waals surface area contributed by atoms with Crippen molar-refractivity contribution in [2.45, 2.75) is 19.8 Å². The Labute approximate surface area is 99.3 Å². The minimum absolute atomic E-state index is 0.0802. The van der Waals surface area contributed by atoms with Crippen molar-refractivity contribution < 1.29 is 22.4 Å². The summed E-state index contributed by atoms with van der Waals surface area (Å²) in [6.45, 7) is 3.36. The van der Waals surface area contributed by atoms with Crippen molar-refractivity contribution in [3.05, 3.63) is 35.6 Å². The van der Waals surface area contributed by atoms with Gasteiger partial charge in [-0.2, -0.15) is 0 Å². The van der Waals surface area contributed by atoms with Crippen LogP contribution in [0.3, 0.4) is 0 Å². The summed E-state index contributed by atoms with van der Waals surface area (Å²) in [5, 5.41) is 0. The Morgan fingerprint density at radius 3 is 2.06 bits per heavy atom. The molecule has 0 N–H and O–H groups in total. The number of rotatable bonds is 6. The molecule has 1 unspecified atom stereocenters. The van der Waals surface area contributed by atoms with Crippen LogP contribution in [0, 0.1) is 5.82 Å². The molecular formula is C11H15F2O3P. The Bertz CT molecular complexity index is 384. The van der Waals surface area contributed by atoms with Crippen molar-refractivity contribution in [1.29, 1.82) is 0 Å². The van der Waals surface area contributed by atoms with Crippen molar-refractivity contribution >= 4 is 7.60 Å². The Morgan fingerprint density at radius 1 is 1.18 bits per heavy atom. The number of hydrogen-bond donors (Lipinski definition) is 0. The summed E-state index contributed by atoms with van der Waals surface area (Å²) in [5.41, 5.74) is 0.0802. The number of halogens is 2. The molecule has 6 heteroatoms. The van der Waals surface area contributed by atoms with E-state index in [0.29, 0.717) is 0 Å². The molecule has 0 heterocycles. The monoisotopic (exact) mass is 264 g/mol. The number of hydrogen-bond acceptors (Lipinski definition) is 3. The molecule has 0 saturated carbocycles. The van der Waals surface area contributed by atoms with Crippen LogP contribution in [0.4, 0.5) is 8.78 Å². The van der Waals surface area contributed by atoms with Crippen molar-refractivity contribution in [2.24, 2.45) is 0 Å². The summed E-state index contributed by atoms with van der Waals surface area (Å²) in [6, 6.07) is 4.66. The molecule has 1 rings (SSSR count). The van der Waals surface area contributed by atoms with Crippen LogP contribution in [0.1, 0.15) is 25.3 Å². The van der Waals surface area contributed by atoms with E-state index in [1.807, 2.05) is 0 Å². The first-order valence-corrected chi connectivity index (χ1v) is 6.93. The van der Waals surface area contributed by atoms with Gasteiger partial charge in [-0.05, 0) is 31.5 Å².